The third-order valence-electron chi connectivity index (χ3n) is 2.53. The highest BCUT2D eigenvalue weighted by atomic mass is 35.5. The minimum Gasteiger partial charge on any atom is -0.392 e. The Kier molecular flexibility index (Phi) is 4.68. The number of nitrogens with zero attached hydrogens (tertiary/aromatic N) is 2. The molecular formula is C13H13ClN2O3. The second kappa shape index (κ2) is 6.47. The van der Waals surface area contributed by atoms with E-state index in [0.717, 1.165) is 11.1 Å². The Morgan fingerprint density at radius 1 is 1.26 bits per heavy atom. The zero-order chi connectivity index (χ0) is 13.7. The number of aliphatic hydroxyl groups excluding tert-OH is 1. The van der Waals surface area contributed by atoms with Crippen LogP contribution in [0.3, 0.4) is 0 Å². The van der Waals surface area contributed by atoms with Crippen LogP contribution in [0.25, 0.3) is 0 Å². The number of rotatable bonds is 5. The van der Waals surface area contributed by atoms with Gasteiger partial charge in [-0.05, 0) is 11.1 Å². The summed E-state index contributed by atoms with van der Waals surface area (Å²) in [6.45, 7) is 0.476. The van der Waals surface area contributed by atoms with Gasteiger partial charge in [0.25, 0.3) is 0 Å². The first-order valence-electron chi connectivity index (χ1n) is 5.67. The summed E-state index contributed by atoms with van der Waals surface area (Å²) in [6, 6.07) is 7.38. The van der Waals surface area contributed by atoms with Gasteiger partial charge in [0, 0.05) is 6.20 Å². The van der Waals surface area contributed by atoms with Crippen molar-refractivity contribution in [3.05, 3.63) is 63.3 Å². The highest BCUT2D eigenvalue weighted by molar-refractivity contribution is 6.30. The second-order valence-electron chi connectivity index (χ2n) is 3.98. The smallest absolute Gasteiger partial charge is 0.349 e. The van der Waals surface area contributed by atoms with E-state index in [0.29, 0.717) is 11.6 Å². The molecule has 1 N–H and O–H groups in total. The first-order chi connectivity index (χ1) is 9.19. The molecule has 2 rings (SSSR count). The van der Waals surface area contributed by atoms with E-state index in [2.05, 4.69) is 4.98 Å². The Morgan fingerprint density at radius 2 is 1.95 bits per heavy atom. The Labute approximate surface area is 115 Å². The minimum absolute atomic E-state index is 0.0186. The van der Waals surface area contributed by atoms with Crippen LogP contribution in [0.5, 0.6) is 0 Å². The van der Waals surface area contributed by atoms with E-state index in [9.17, 15) is 4.79 Å². The largest absolute Gasteiger partial charge is 0.392 e. The third kappa shape index (κ3) is 3.89. The van der Waals surface area contributed by atoms with Gasteiger partial charge in [0.2, 0.25) is 0 Å². The molecule has 0 aliphatic heterocycles. The van der Waals surface area contributed by atoms with Crippen LogP contribution in [0.1, 0.15) is 11.1 Å². The van der Waals surface area contributed by atoms with Crippen LogP contribution in [0, 0.1) is 0 Å². The molecule has 0 radical (unpaired) electrons. The number of halogens is 1. The average Bonchev–Trinajstić information content (AvgIpc) is 2.43. The fourth-order valence-electron chi connectivity index (χ4n) is 1.52. The van der Waals surface area contributed by atoms with Crippen LogP contribution < -0.4 is 5.69 Å². The molecule has 0 aliphatic carbocycles. The van der Waals surface area contributed by atoms with Crippen LogP contribution >= 0.6 is 11.6 Å². The molecule has 0 unspecified atom stereocenters. The van der Waals surface area contributed by atoms with Crippen molar-refractivity contribution in [2.45, 2.75) is 19.9 Å². The third-order valence-corrected chi connectivity index (χ3v) is 2.72. The minimum atomic E-state index is -0.403. The van der Waals surface area contributed by atoms with Crippen LogP contribution in [0.4, 0.5) is 0 Å². The molecule has 0 bridgehead atoms. The Morgan fingerprint density at radius 3 is 2.63 bits per heavy atom. The van der Waals surface area contributed by atoms with Gasteiger partial charge in [-0.3, -0.25) is 4.57 Å². The molecule has 0 atom stereocenters. The Hall–Kier alpha value is -1.69. The monoisotopic (exact) mass is 280 g/mol. The molecule has 1 aromatic heterocycles. The van der Waals surface area contributed by atoms with Crippen LogP contribution in [0.15, 0.2) is 41.5 Å². The van der Waals surface area contributed by atoms with Gasteiger partial charge >= 0.3 is 5.69 Å². The number of benzene rings is 1. The van der Waals surface area contributed by atoms with E-state index in [1.54, 1.807) is 0 Å². The predicted octanol–water partition coefficient (Wildman–Crippen LogP) is 1.56. The molecule has 6 heteroatoms. The van der Waals surface area contributed by atoms with E-state index >= 15 is 0 Å². The molecule has 0 saturated carbocycles. The number of ether oxygens (including phenoxy) is 1. The average molecular weight is 281 g/mol. The highest BCUT2D eigenvalue weighted by Gasteiger charge is 1.99. The summed E-state index contributed by atoms with van der Waals surface area (Å²) in [5.74, 6) is 0. The lowest BCUT2D eigenvalue weighted by atomic mass is 10.1. The van der Waals surface area contributed by atoms with Crippen molar-refractivity contribution in [1.82, 2.24) is 9.55 Å². The molecule has 0 amide bonds. The number of aliphatic hydroxyl groups is 1. The predicted molar refractivity (Wildman–Crippen MR) is 70.7 cm³/mol. The zero-order valence-electron chi connectivity index (χ0n) is 10.1. The van der Waals surface area contributed by atoms with Crippen molar-refractivity contribution >= 4 is 11.6 Å². The second-order valence-corrected chi connectivity index (χ2v) is 4.41. The van der Waals surface area contributed by atoms with E-state index in [1.807, 2.05) is 24.3 Å². The van der Waals surface area contributed by atoms with Gasteiger partial charge in [0.05, 0.1) is 24.4 Å². The molecule has 0 aliphatic rings. The quantitative estimate of drug-likeness (QED) is 0.903. The van der Waals surface area contributed by atoms with Gasteiger partial charge in [0.1, 0.15) is 6.73 Å². The molecule has 5 nitrogen and oxygen atoms in total. The molecule has 19 heavy (non-hydrogen) atoms. The van der Waals surface area contributed by atoms with E-state index in [1.165, 1.54) is 17.0 Å². The number of aromatic nitrogens is 2. The molecule has 0 spiro atoms. The Bertz CT molecular complexity index is 596. The maximum atomic E-state index is 11.4. The van der Waals surface area contributed by atoms with Crippen molar-refractivity contribution in [3.63, 3.8) is 0 Å². The van der Waals surface area contributed by atoms with Crippen LogP contribution in [-0.4, -0.2) is 14.7 Å². The van der Waals surface area contributed by atoms with Crippen LogP contribution in [0.2, 0.25) is 5.02 Å². The summed E-state index contributed by atoms with van der Waals surface area (Å²) in [6.07, 6.45) is 2.78. The molecular weight excluding hydrogens is 268 g/mol. The normalized spacial score (nSPS) is 10.6. The van der Waals surface area contributed by atoms with E-state index in [-0.39, 0.29) is 13.3 Å². The van der Waals surface area contributed by atoms with Gasteiger partial charge in [-0.25, -0.2) is 4.79 Å². The molecule has 100 valence electrons. The molecule has 1 aromatic carbocycles. The van der Waals surface area contributed by atoms with Crippen molar-refractivity contribution in [2.75, 3.05) is 0 Å². The summed E-state index contributed by atoms with van der Waals surface area (Å²) < 4.78 is 6.71. The first kappa shape index (κ1) is 13.7. The van der Waals surface area contributed by atoms with Gasteiger partial charge in [-0.2, -0.15) is 4.98 Å². The fourth-order valence-corrected chi connectivity index (χ4v) is 1.69. The van der Waals surface area contributed by atoms with Crippen molar-refractivity contribution in [1.29, 1.82) is 0 Å². The van der Waals surface area contributed by atoms with Crippen molar-refractivity contribution in [2.24, 2.45) is 0 Å². The first-order valence-corrected chi connectivity index (χ1v) is 6.05. The maximum absolute atomic E-state index is 11.4. The lowest BCUT2D eigenvalue weighted by Crippen LogP contribution is -2.23. The molecule has 1 heterocycles. The SMILES string of the molecule is O=c1ncc(Cl)cn1COCc1ccc(CO)cc1. The van der Waals surface area contributed by atoms with Gasteiger partial charge in [0.15, 0.2) is 0 Å². The standard InChI is InChI=1S/C13H13ClN2O3/c14-12-5-15-13(18)16(6-12)9-19-8-11-3-1-10(7-17)2-4-11/h1-6,17H,7-9H2. The van der Waals surface area contributed by atoms with Gasteiger partial charge in [-0.1, -0.05) is 35.9 Å². The summed E-state index contributed by atoms with van der Waals surface area (Å²) in [7, 11) is 0. The lowest BCUT2D eigenvalue weighted by Gasteiger charge is -2.07. The maximum Gasteiger partial charge on any atom is 0.349 e. The topological polar surface area (TPSA) is 64.4 Å². The fraction of sp³-hybridized carbons (Fsp3) is 0.231. The van der Waals surface area contributed by atoms with E-state index < -0.39 is 5.69 Å². The number of hydrogen-bond acceptors (Lipinski definition) is 4. The van der Waals surface area contributed by atoms with Gasteiger partial charge < -0.3 is 9.84 Å². The lowest BCUT2D eigenvalue weighted by molar-refractivity contribution is 0.0608. The van der Waals surface area contributed by atoms with E-state index in [4.69, 9.17) is 21.4 Å². The summed E-state index contributed by atoms with van der Waals surface area (Å²) in [5.41, 5.74) is 1.40. The van der Waals surface area contributed by atoms with Crippen molar-refractivity contribution < 1.29 is 9.84 Å². The molecule has 0 saturated heterocycles. The highest BCUT2D eigenvalue weighted by Crippen LogP contribution is 2.06. The summed E-state index contributed by atoms with van der Waals surface area (Å²) >= 11 is 5.74. The molecule has 2 aromatic rings. The molecule has 0 fully saturated rings. The summed E-state index contributed by atoms with van der Waals surface area (Å²) in [4.78, 5) is 15.0. The number of hydrogen-bond donors (Lipinski definition) is 1. The van der Waals surface area contributed by atoms with Crippen LogP contribution in [-0.2, 0) is 24.7 Å². The summed E-state index contributed by atoms with van der Waals surface area (Å²) in [5, 5.41) is 9.31. The van der Waals surface area contributed by atoms with Crippen molar-refractivity contribution in [3.8, 4) is 0 Å². The zero-order valence-corrected chi connectivity index (χ0v) is 10.9. The van der Waals surface area contributed by atoms with Gasteiger partial charge in [-0.15, -0.1) is 0 Å². The Balaban J connectivity index is 1.92.